The fraction of sp³-hybridized carbons (Fsp3) is 0.750. The van der Waals surface area contributed by atoms with Crippen molar-refractivity contribution in [3.8, 4) is 0 Å². The van der Waals surface area contributed by atoms with Crippen molar-refractivity contribution >= 4 is 23.8 Å². The fourth-order valence-corrected chi connectivity index (χ4v) is 3.46. The lowest BCUT2D eigenvalue weighted by molar-refractivity contribution is -0.151. The van der Waals surface area contributed by atoms with Crippen LogP contribution < -0.4 is 10.6 Å². The van der Waals surface area contributed by atoms with Crippen molar-refractivity contribution in [2.24, 2.45) is 5.92 Å². The van der Waals surface area contributed by atoms with E-state index < -0.39 is 24.1 Å². The second-order valence-electron chi connectivity index (χ2n) is 6.94. The number of urea groups is 1. The van der Waals surface area contributed by atoms with E-state index >= 15 is 0 Å². The van der Waals surface area contributed by atoms with Gasteiger partial charge < -0.3 is 15.4 Å². The third-order valence-corrected chi connectivity index (χ3v) is 5.10. The Morgan fingerprint density at radius 3 is 2.71 bits per heavy atom. The molecule has 0 aromatic carbocycles. The second kappa shape index (κ2) is 6.41. The van der Waals surface area contributed by atoms with Gasteiger partial charge >= 0.3 is 12.0 Å². The van der Waals surface area contributed by atoms with Gasteiger partial charge in [-0.25, -0.2) is 4.79 Å². The Kier molecular flexibility index (Phi) is 4.47. The van der Waals surface area contributed by atoms with Gasteiger partial charge in [0.1, 0.15) is 12.1 Å². The summed E-state index contributed by atoms with van der Waals surface area (Å²) in [7, 11) is 0. The lowest BCUT2D eigenvalue weighted by atomic mass is 9.73. The monoisotopic (exact) mass is 337 g/mol. The van der Waals surface area contributed by atoms with E-state index in [2.05, 4.69) is 10.6 Å². The predicted molar refractivity (Wildman–Crippen MR) is 82.7 cm³/mol. The highest BCUT2D eigenvalue weighted by Gasteiger charge is 2.55. The molecule has 3 rings (SSSR count). The number of hydrogen-bond donors (Lipinski definition) is 2. The highest BCUT2D eigenvalue weighted by Crippen LogP contribution is 2.38. The van der Waals surface area contributed by atoms with E-state index in [1.807, 2.05) is 6.92 Å². The summed E-state index contributed by atoms with van der Waals surface area (Å²) in [5.41, 5.74) is -0.890. The molecule has 8 nitrogen and oxygen atoms in total. The maximum Gasteiger partial charge on any atom is 0.326 e. The van der Waals surface area contributed by atoms with Gasteiger partial charge in [-0.2, -0.15) is 0 Å². The fourth-order valence-electron chi connectivity index (χ4n) is 3.46. The Balaban J connectivity index is 1.54. The van der Waals surface area contributed by atoms with Crippen molar-refractivity contribution < 1.29 is 23.9 Å². The summed E-state index contributed by atoms with van der Waals surface area (Å²) in [5, 5.41) is 5.47. The number of amides is 4. The number of hydrogen-bond acceptors (Lipinski definition) is 5. The number of esters is 1. The Hall–Kier alpha value is -2.12. The lowest BCUT2D eigenvalue weighted by Crippen LogP contribution is -2.54. The largest absolute Gasteiger partial charge is 0.454 e. The van der Waals surface area contributed by atoms with Gasteiger partial charge in [-0.05, 0) is 31.6 Å². The molecule has 1 heterocycles. The zero-order valence-corrected chi connectivity index (χ0v) is 13.8. The summed E-state index contributed by atoms with van der Waals surface area (Å²) < 4.78 is 4.87. The number of nitrogens with zero attached hydrogens (tertiary/aromatic N) is 1. The number of imide groups is 1. The molecule has 2 aliphatic carbocycles. The van der Waals surface area contributed by atoms with E-state index in [0.29, 0.717) is 6.42 Å². The van der Waals surface area contributed by atoms with Crippen LogP contribution in [0.2, 0.25) is 0 Å². The molecule has 0 radical (unpaired) electrons. The number of nitrogens with one attached hydrogen (secondary N) is 2. The Bertz CT molecular complexity index is 574. The highest BCUT2D eigenvalue weighted by atomic mass is 16.5. The first kappa shape index (κ1) is 16.7. The van der Waals surface area contributed by atoms with E-state index in [1.165, 1.54) is 0 Å². The molecule has 0 aromatic heterocycles. The van der Waals surface area contributed by atoms with Gasteiger partial charge in [0.15, 0.2) is 6.61 Å². The van der Waals surface area contributed by atoms with Crippen LogP contribution in [0.1, 0.15) is 45.4 Å². The number of rotatable bonds is 5. The zero-order valence-electron chi connectivity index (χ0n) is 13.8. The van der Waals surface area contributed by atoms with Gasteiger partial charge in [0, 0.05) is 6.04 Å². The smallest absolute Gasteiger partial charge is 0.326 e. The summed E-state index contributed by atoms with van der Waals surface area (Å²) in [5.74, 6) is -1.45. The van der Waals surface area contributed by atoms with Gasteiger partial charge in [-0.15, -0.1) is 0 Å². The highest BCUT2D eigenvalue weighted by molar-refractivity contribution is 6.09. The van der Waals surface area contributed by atoms with Crippen LogP contribution in [-0.4, -0.2) is 53.4 Å². The maximum absolute atomic E-state index is 12.7. The van der Waals surface area contributed by atoms with Crippen LogP contribution in [0.5, 0.6) is 0 Å². The first-order chi connectivity index (χ1) is 11.4. The minimum absolute atomic E-state index is 0.0352. The van der Waals surface area contributed by atoms with Crippen LogP contribution in [-0.2, 0) is 19.1 Å². The van der Waals surface area contributed by atoms with Crippen LogP contribution in [0.3, 0.4) is 0 Å². The lowest BCUT2D eigenvalue weighted by Gasteiger charge is -2.36. The quantitative estimate of drug-likeness (QED) is 0.555. The van der Waals surface area contributed by atoms with Crippen LogP contribution >= 0.6 is 0 Å². The molecule has 132 valence electrons. The maximum atomic E-state index is 12.7. The van der Waals surface area contributed by atoms with E-state index in [-0.39, 0.29) is 30.4 Å². The molecule has 1 spiro atoms. The molecule has 3 aliphatic rings. The van der Waals surface area contributed by atoms with Crippen molar-refractivity contribution in [3.05, 3.63) is 0 Å². The molecule has 4 amide bonds. The Morgan fingerprint density at radius 2 is 2.04 bits per heavy atom. The summed E-state index contributed by atoms with van der Waals surface area (Å²) in [6.07, 6.45) is 5.25. The van der Waals surface area contributed by atoms with Gasteiger partial charge in [-0.1, -0.05) is 19.8 Å². The van der Waals surface area contributed by atoms with Gasteiger partial charge in [0.05, 0.1) is 0 Å². The van der Waals surface area contributed by atoms with Crippen LogP contribution in [0.4, 0.5) is 4.79 Å². The molecular formula is C16H23N3O5. The zero-order chi connectivity index (χ0) is 17.3. The molecule has 24 heavy (non-hydrogen) atoms. The first-order valence-corrected chi connectivity index (χ1v) is 8.51. The Morgan fingerprint density at radius 1 is 1.29 bits per heavy atom. The molecule has 3 fully saturated rings. The second-order valence-corrected chi connectivity index (χ2v) is 6.94. The number of ether oxygens (including phenoxy) is 1. The van der Waals surface area contributed by atoms with Crippen molar-refractivity contribution in [2.45, 2.75) is 57.0 Å². The topological polar surface area (TPSA) is 105 Å². The molecular weight excluding hydrogens is 314 g/mol. The van der Waals surface area contributed by atoms with E-state index in [0.717, 1.165) is 37.0 Å². The minimum Gasteiger partial charge on any atom is -0.454 e. The molecule has 1 aliphatic heterocycles. The summed E-state index contributed by atoms with van der Waals surface area (Å²) in [4.78, 5) is 49.1. The van der Waals surface area contributed by atoms with Crippen LogP contribution in [0.25, 0.3) is 0 Å². The normalized spacial score (nSPS) is 29.5. The van der Waals surface area contributed by atoms with E-state index in [1.54, 1.807) is 0 Å². The molecule has 0 unspecified atom stereocenters. The summed E-state index contributed by atoms with van der Waals surface area (Å²) >= 11 is 0. The SMILES string of the molecule is C[C@@H]1CCCC[C@@]12NC(=O)N(CC(=O)OCC(=O)NC1CC1)C2=O. The summed E-state index contributed by atoms with van der Waals surface area (Å²) in [6, 6.07) is -0.372. The number of carbonyl (C=O) groups is 4. The minimum atomic E-state index is -0.890. The van der Waals surface area contributed by atoms with Gasteiger partial charge in [-0.3, -0.25) is 19.3 Å². The Labute approximate surface area is 140 Å². The van der Waals surface area contributed by atoms with Gasteiger partial charge in [0.2, 0.25) is 0 Å². The van der Waals surface area contributed by atoms with E-state index in [4.69, 9.17) is 4.74 Å². The predicted octanol–water partition coefficient (Wildman–Crippen LogP) is 0.309. The van der Waals surface area contributed by atoms with Crippen molar-refractivity contribution in [2.75, 3.05) is 13.2 Å². The average Bonchev–Trinajstić information content (AvgIpc) is 3.32. The average molecular weight is 337 g/mol. The molecule has 2 saturated carbocycles. The van der Waals surface area contributed by atoms with Gasteiger partial charge in [0.25, 0.3) is 11.8 Å². The molecule has 8 heteroatoms. The first-order valence-electron chi connectivity index (χ1n) is 8.51. The molecule has 1 saturated heterocycles. The number of carbonyl (C=O) groups excluding carboxylic acids is 4. The van der Waals surface area contributed by atoms with Crippen molar-refractivity contribution in [1.29, 1.82) is 0 Å². The molecule has 2 N–H and O–H groups in total. The van der Waals surface area contributed by atoms with E-state index in [9.17, 15) is 19.2 Å². The van der Waals surface area contributed by atoms with Crippen LogP contribution in [0, 0.1) is 5.92 Å². The molecule has 0 aromatic rings. The third-order valence-electron chi connectivity index (χ3n) is 5.10. The molecule has 0 bridgehead atoms. The van der Waals surface area contributed by atoms with Crippen molar-refractivity contribution in [3.63, 3.8) is 0 Å². The standard InChI is InChI=1S/C16H23N3O5/c1-10-4-2-3-7-16(10)14(22)19(15(23)18-16)8-13(21)24-9-12(20)17-11-5-6-11/h10-11H,2-9H2,1H3,(H,17,20)(H,18,23)/t10-,16-/m1/s1. The van der Waals surface area contributed by atoms with Crippen LogP contribution in [0.15, 0.2) is 0 Å². The summed E-state index contributed by atoms with van der Waals surface area (Å²) in [6.45, 7) is 1.09. The third kappa shape index (κ3) is 3.22. The van der Waals surface area contributed by atoms with Crippen molar-refractivity contribution in [1.82, 2.24) is 15.5 Å². The molecule has 2 atom stereocenters.